The van der Waals surface area contributed by atoms with Crippen molar-refractivity contribution in [3.8, 4) is 0 Å². The predicted octanol–water partition coefficient (Wildman–Crippen LogP) is -1.09. The Kier molecular flexibility index (Phi) is 7.78. The molecule has 2 aliphatic heterocycles. The van der Waals surface area contributed by atoms with E-state index in [0.717, 1.165) is 18.7 Å². The molecular weight excluding hydrogens is 412 g/mol. The Morgan fingerprint density at radius 1 is 1.03 bits per heavy atom. The second-order valence-electron chi connectivity index (χ2n) is 7.17. The van der Waals surface area contributed by atoms with Gasteiger partial charge >= 0.3 is 11.8 Å². The lowest BCUT2D eigenvalue weighted by molar-refractivity contribution is -0.139. The number of benzene rings is 1. The van der Waals surface area contributed by atoms with Gasteiger partial charge in [0.05, 0.1) is 31.3 Å². The number of carbonyl (C=O) groups is 2. The summed E-state index contributed by atoms with van der Waals surface area (Å²) in [5.74, 6) is -1.57. The van der Waals surface area contributed by atoms with Crippen molar-refractivity contribution in [2.75, 3.05) is 59.1 Å². The Balaban J connectivity index is 1.47. The molecule has 0 unspecified atom stereocenters. The molecular formula is C19H28N4O6S. The van der Waals surface area contributed by atoms with Crippen LogP contribution in [0.15, 0.2) is 29.2 Å². The molecule has 166 valence electrons. The molecule has 30 heavy (non-hydrogen) atoms. The summed E-state index contributed by atoms with van der Waals surface area (Å²) in [6, 6.07) is 6.53. The van der Waals surface area contributed by atoms with E-state index in [1.54, 1.807) is 24.3 Å². The third-order valence-corrected chi connectivity index (χ3v) is 6.93. The lowest BCUT2D eigenvalue weighted by atomic mass is 10.2. The van der Waals surface area contributed by atoms with Gasteiger partial charge in [-0.1, -0.05) is 17.7 Å². The first-order valence-corrected chi connectivity index (χ1v) is 11.4. The lowest BCUT2D eigenvalue weighted by Crippen LogP contribution is -2.48. The molecule has 0 aliphatic carbocycles. The van der Waals surface area contributed by atoms with Crippen LogP contribution in [0.2, 0.25) is 0 Å². The highest BCUT2D eigenvalue weighted by molar-refractivity contribution is 7.89. The van der Waals surface area contributed by atoms with Gasteiger partial charge in [-0.25, -0.2) is 8.42 Å². The van der Waals surface area contributed by atoms with Crippen LogP contribution in [0, 0.1) is 6.92 Å². The molecule has 10 nitrogen and oxygen atoms in total. The van der Waals surface area contributed by atoms with Crippen LogP contribution in [-0.2, 0) is 29.1 Å². The van der Waals surface area contributed by atoms with Crippen molar-refractivity contribution in [1.29, 1.82) is 0 Å². The normalized spacial score (nSPS) is 20.8. The first kappa shape index (κ1) is 22.6. The number of amides is 2. The highest BCUT2D eigenvalue weighted by Crippen LogP contribution is 2.22. The zero-order valence-corrected chi connectivity index (χ0v) is 17.8. The fraction of sp³-hybridized carbons (Fsp3) is 0.579. The second kappa shape index (κ2) is 10.3. The molecule has 11 heteroatoms. The largest absolute Gasteiger partial charge is 0.379 e. The van der Waals surface area contributed by atoms with Crippen LogP contribution in [0.5, 0.6) is 0 Å². The number of nitrogens with zero attached hydrogens (tertiary/aromatic N) is 2. The molecule has 0 radical (unpaired) electrons. The summed E-state index contributed by atoms with van der Waals surface area (Å²) in [4.78, 5) is 26.4. The minimum atomic E-state index is -3.76. The minimum Gasteiger partial charge on any atom is -0.379 e. The van der Waals surface area contributed by atoms with Crippen molar-refractivity contribution in [3.05, 3.63) is 29.8 Å². The maximum Gasteiger partial charge on any atom is 0.309 e. The number of morpholine rings is 1. The third kappa shape index (κ3) is 5.76. The molecule has 3 rings (SSSR count). The van der Waals surface area contributed by atoms with Crippen LogP contribution in [0.4, 0.5) is 0 Å². The van der Waals surface area contributed by atoms with E-state index >= 15 is 0 Å². The van der Waals surface area contributed by atoms with Crippen molar-refractivity contribution in [2.45, 2.75) is 18.0 Å². The molecule has 2 heterocycles. The van der Waals surface area contributed by atoms with E-state index in [-0.39, 0.29) is 24.6 Å². The number of hydrogen-bond acceptors (Lipinski definition) is 7. The number of rotatable bonds is 7. The molecule has 1 aromatic rings. The van der Waals surface area contributed by atoms with E-state index in [4.69, 9.17) is 9.47 Å². The molecule has 1 atom stereocenters. The first-order chi connectivity index (χ1) is 14.4. The second-order valence-corrected chi connectivity index (χ2v) is 9.06. The number of hydrogen-bond donors (Lipinski definition) is 2. The molecule has 0 spiro atoms. The number of sulfonamides is 1. The van der Waals surface area contributed by atoms with Gasteiger partial charge in [0.2, 0.25) is 10.0 Å². The van der Waals surface area contributed by atoms with E-state index in [9.17, 15) is 18.0 Å². The molecule has 2 N–H and O–H groups in total. The van der Waals surface area contributed by atoms with Crippen LogP contribution in [0.1, 0.15) is 5.56 Å². The van der Waals surface area contributed by atoms with Gasteiger partial charge in [-0.2, -0.15) is 4.31 Å². The van der Waals surface area contributed by atoms with Gasteiger partial charge in [0.15, 0.2) is 0 Å². The van der Waals surface area contributed by atoms with Crippen LogP contribution in [0.25, 0.3) is 0 Å². The van der Waals surface area contributed by atoms with Crippen molar-refractivity contribution >= 4 is 21.8 Å². The Morgan fingerprint density at radius 3 is 2.40 bits per heavy atom. The van der Waals surface area contributed by atoms with E-state index < -0.39 is 28.1 Å². The summed E-state index contributed by atoms with van der Waals surface area (Å²) in [5, 5.41) is 5.03. The van der Waals surface area contributed by atoms with Gasteiger partial charge in [-0.3, -0.25) is 14.5 Å². The number of nitrogens with one attached hydrogen (secondary N) is 2. The Hall–Kier alpha value is -2.05. The Bertz CT molecular complexity index is 839. The number of aryl methyl sites for hydroxylation is 1. The summed E-state index contributed by atoms with van der Waals surface area (Å²) in [5.41, 5.74) is 0.954. The Morgan fingerprint density at radius 2 is 1.70 bits per heavy atom. The van der Waals surface area contributed by atoms with Crippen LogP contribution in [0.3, 0.4) is 0 Å². The van der Waals surface area contributed by atoms with Gasteiger partial charge in [0.1, 0.15) is 6.23 Å². The summed E-state index contributed by atoms with van der Waals surface area (Å²) in [6.45, 7) is 6.07. The molecule has 2 fully saturated rings. The molecule has 1 aromatic carbocycles. The predicted molar refractivity (Wildman–Crippen MR) is 108 cm³/mol. The SMILES string of the molecule is Cc1ccc(S(=O)(=O)N2CCO[C@@H]2CNC(=O)C(=O)NCCN2CCOCC2)cc1. The fourth-order valence-electron chi connectivity index (χ4n) is 3.28. The molecule has 0 aromatic heterocycles. The average molecular weight is 441 g/mol. The van der Waals surface area contributed by atoms with Gasteiger partial charge in [-0.05, 0) is 19.1 Å². The van der Waals surface area contributed by atoms with Crippen LogP contribution in [-0.4, -0.2) is 94.8 Å². The van der Waals surface area contributed by atoms with Crippen molar-refractivity contribution in [1.82, 2.24) is 19.8 Å². The fourth-order valence-corrected chi connectivity index (χ4v) is 4.79. The van der Waals surface area contributed by atoms with Crippen LogP contribution >= 0.6 is 0 Å². The van der Waals surface area contributed by atoms with Crippen LogP contribution < -0.4 is 10.6 Å². The number of ether oxygens (including phenoxy) is 2. The standard InChI is InChI=1S/C19H28N4O6S/c1-15-2-4-16(5-3-15)30(26,27)23-10-13-29-17(23)14-21-19(25)18(24)20-6-7-22-8-11-28-12-9-22/h2-5,17H,6-14H2,1H3,(H,20,24)(H,21,25)/t17-/m1/s1. The summed E-state index contributed by atoms with van der Waals surface area (Å²) < 4.78 is 37.7. The van der Waals surface area contributed by atoms with Gasteiger partial charge in [0.25, 0.3) is 0 Å². The summed E-state index contributed by atoms with van der Waals surface area (Å²) in [7, 11) is -3.76. The van der Waals surface area contributed by atoms with Gasteiger partial charge < -0.3 is 20.1 Å². The average Bonchev–Trinajstić information content (AvgIpc) is 3.22. The third-order valence-electron chi connectivity index (χ3n) is 5.03. The molecule has 2 aliphatic rings. The lowest BCUT2D eigenvalue weighted by Gasteiger charge is -2.26. The zero-order valence-electron chi connectivity index (χ0n) is 17.0. The maximum absolute atomic E-state index is 12.9. The van der Waals surface area contributed by atoms with Crippen molar-refractivity contribution in [2.24, 2.45) is 0 Å². The molecule has 0 bridgehead atoms. The highest BCUT2D eigenvalue weighted by atomic mass is 32.2. The molecule has 2 saturated heterocycles. The minimum absolute atomic E-state index is 0.110. The van der Waals surface area contributed by atoms with Crippen molar-refractivity contribution in [3.63, 3.8) is 0 Å². The maximum atomic E-state index is 12.9. The van der Waals surface area contributed by atoms with E-state index in [0.29, 0.717) is 26.3 Å². The number of carbonyl (C=O) groups excluding carboxylic acids is 2. The molecule has 0 saturated carbocycles. The quantitative estimate of drug-likeness (QED) is 0.517. The summed E-state index contributed by atoms with van der Waals surface area (Å²) >= 11 is 0. The first-order valence-electron chi connectivity index (χ1n) is 9.94. The van der Waals surface area contributed by atoms with Gasteiger partial charge in [-0.15, -0.1) is 0 Å². The molecule has 2 amide bonds. The smallest absolute Gasteiger partial charge is 0.309 e. The Labute approximate surface area is 176 Å². The van der Waals surface area contributed by atoms with Gasteiger partial charge in [0, 0.05) is 32.7 Å². The zero-order chi connectivity index (χ0) is 21.6. The monoisotopic (exact) mass is 440 g/mol. The topological polar surface area (TPSA) is 117 Å². The highest BCUT2D eigenvalue weighted by Gasteiger charge is 2.36. The van der Waals surface area contributed by atoms with E-state index in [1.165, 1.54) is 4.31 Å². The van der Waals surface area contributed by atoms with Crippen molar-refractivity contribution < 1.29 is 27.5 Å². The van der Waals surface area contributed by atoms with E-state index in [2.05, 4.69) is 15.5 Å². The van der Waals surface area contributed by atoms with E-state index in [1.807, 2.05) is 6.92 Å². The summed E-state index contributed by atoms with van der Waals surface area (Å²) in [6.07, 6.45) is -0.860.